The molecule has 0 aliphatic heterocycles. The number of nitrogens with zero attached hydrogens (tertiary/aromatic N) is 3. The monoisotopic (exact) mass is 452 g/mol. The Labute approximate surface area is 203 Å². The van der Waals surface area contributed by atoms with E-state index in [1.807, 2.05) is 61.8 Å². The van der Waals surface area contributed by atoms with Gasteiger partial charge in [-0.25, -0.2) is 14.4 Å². The van der Waals surface area contributed by atoms with Crippen molar-refractivity contribution in [1.29, 1.82) is 0 Å². The van der Waals surface area contributed by atoms with E-state index < -0.39 is 0 Å². The summed E-state index contributed by atoms with van der Waals surface area (Å²) in [5.41, 5.74) is 8.91. The lowest BCUT2D eigenvalue weighted by atomic mass is 10.0. The largest absolute Gasteiger partial charge is 0.438 e. The number of fused-ring (bicyclic) bond motifs is 3. The fourth-order valence-electron chi connectivity index (χ4n) is 4.69. The maximum absolute atomic E-state index is 7.90. The molecule has 0 bridgehead atoms. The molecule has 0 saturated carbocycles. The number of furan rings is 1. The first-order valence-corrected chi connectivity index (χ1v) is 11.5. The molecule has 0 radical (unpaired) electrons. The predicted octanol–water partition coefficient (Wildman–Crippen LogP) is 7.67. The van der Waals surface area contributed by atoms with Gasteiger partial charge in [0.25, 0.3) is 0 Å². The van der Waals surface area contributed by atoms with Gasteiger partial charge >= 0.3 is 0 Å². The highest BCUT2D eigenvalue weighted by Crippen LogP contribution is 2.41. The highest BCUT2D eigenvalue weighted by Gasteiger charge is 2.21. The molecule has 0 spiro atoms. The maximum atomic E-state index is 7.90. The van der Waals surface area contributed by atoms with Crippen molar-refractivity contribution < 1.29 is 8.98 Å². The van der Waals surface area contributed by atoms with Crippen LogP contribution in [0.2, 0.25) is 0 Å². The second-order valence-corrected chi connectivity index (χ2v) is 8.75. The zero-order chi connectivity index (χ0) is 23.9. The first-order valence-electron chi connectivity index (χ1n) is 11.5. The van der Waals surface area contributed by atoms with E-state index >= 15 is 0 Å². The summed E-state index contributed by atoms with van der Waals surface area (Å²) < 4.78 is 8.45. The summed E-state index contributed by atoms with van der Waals surface area (Å²) in [5.74, 6) is 0. The normalized spacial score (nSPS) is 11.1. The summed E-state index contributed by atoms with van der Waals surface area (Å²) in [6.45, 7) is 9.97. The van der Waals surface area contributed by atoms with Crippen molar-refractivity contribution in [3.63, 3.8) is 0 Å². The van der Waals surface area contributed by atoms with Crippen molar-refractivity contribution >= 4 is 27.8 Å². The number of hydrogen-bond donors (Lipinski definition) is 0. The third kappa shape index (κ3) is 3.55. The predicted molar refractivity (Wildman–Crippen MR) is 140 cm³/mol. The van der Waals surface area contributed by atoms with Crippen molar-refractivity contribution in [2.24, 2.45) is 7.05 Å². The lowest BCUT2D eigenvalue weighted by molar-refractivity contribution is -0.660. The Kier molecular flexibility index (Phi) is 4.90. The lowest BCUT2D eigenvalue weighted by Crippen LogP contribution is -2.29. The van der Waals surface area contributed by atoms with Gasteiger partial charge in [0, 0.05) is 17.5 Å². The average molecular weight is 453 g/mol. The molecule has 0 unspecified atom stereocenters. The molecular formula is C31H22N3O+. The van der Waals surface area contributed by atoms with Gasteiger partial charge in [0.1, 0.15) is 12.6 Å². The number of aryl methyl sites for hydroxylation is 2. The molecule has 0 saturated heterocycles. The molecule has 0 amide bonds. The van der Waals surface area contributed by atoms with Crippen LogP contribution in [0.3, 0.4) is 0 Å². The fraction of sp³-hybridized carbons (Fsp3) is 0.0645. The van der Waals surface area contributed by atoms with Crippen molar-refractivity contribution in [3.8, 4) is 33.6 Å². The smallest absolute Gasteiger partial charge is 0.217 e. The van der Waals surface area contributed by atoms with Gasteiger partial charge in [-0.2, -0.15) is 0 Å². The Hall–Kier alpha value is -4.75. The molecule has 166 valence electrons. The fourth-order valence-corrected chi connectivity index (χ4v) is 4.69. The Bertz CT molecular complexity index is 1760. The second-order valence-electron chi connectivity index (χ2n) is 8.75. The van der Waals surface area contributed by atoms with Gasteiger partial charge in [-0.1, -0.05) is 54.6 Å². The van der Waals surface area contributed by atoms with Gasteiger partial charge in [0.15, 0.2) is 6.20 Å². The number of benzene rings is 3. The standard InChI is InChI=1S/C31H22N3O/c1-20-17-24(28-11-7-8-16-34(28)3)30-25(18-20)29-27(32-2)19-26(33-31(29)35-30)23-14-12-22(13-15-23)21-9-5-4-6-10-21/h4-19H,1,3H3/q+1. The summed E-state index contributed by atoms with van der Waals surface area (Å²) in [5, 5.41) is 1.69. The van der Waals surface area contributed by atoms with Crippen LogP contribution in [0.1, 0.15) is 5.56 Å². The van der Waals surface area contributed by atoms with E-state index in [4.69, 9.17) is 16.0 Å². The van der Waals surface area contributed by atoms with Gasteiger partial charge in [-0.15, -0.1) is 0 Å². The van der Waals surface area contributed by atoms with Crippen LogP contribution in [-0.2, 0) is 7.05 Å². The van der Waals surface area contributed by atoms with Crippen LogP contribution in [0.4, 0.5) is 5.69 Å². The zero-order valence-corrected chi connectivity index (χ0v) is 19.5. The molecule has 0 fully saturated rings. The number of rotatable bonds is 3. The lowest BCUT2D eigenvalue weighted by Gasteiger charge is -2.05. The summed E-state index contributed by atoms with van der Waals surface area (Å²) in [7, 11) is 2.02. The molecular weight excluding hydrogens is 430 g/mol. The minimum absolute atomic E-state index is 0.487. The average Bonchev–Trinajstić information content (AvgIpc) is 3.27. The van der Waals surface area contributed by atoms with Crippen molar-refractivity contribution in [2.45, 2.75) is 6.92 Å². The van der Waals surface area contributed by atoms with Crippen LogP contribution in [0.5, 0.6) is 0 Å². The summed E-state index contributed by atoms with van der Waals surface area (Å²) >= 11 is 0. The SMILES string of the molecule is [C-]#[N+]c1cc(-c2ccc(-c3ccccc3)cc2)nc2oc3c(-c4cccc[n+]4C)cc(C)cc3c12. The van der Waals surface area contributed by atoms with Crippen LogP contribution < -0.4 is 4.57 Å². The Balaban J connectivity index is 1.54. The summed E-state index contributed by atoms with van der Waals surface area (Å²) in [4.78, 5) is 8.73. The topological polar surface area (TPSA) is 34.3 Å². The minimum Gasteiger partial charge on any atom is -0.438 e. The molecule has 6 rings (SSSR count). The van der Waals surface area contributed by atoms with Crippen LogP contribution in [0.15, 0.2) is 102 Å². The first-order chi connectivity index (χ1) is 17.1. The van der Waals surface area contributed by atoms with Crippen molar-refractivity contribution in [3.05, 3.63) is 114 Å². The third-order valence-corrected chi connectivity index (χ3v) is 6.41. The molecule has 4 nitrogen and oxygen atoms in total. The molecule has 3 heterocycles. The van der Waals surface area contributed by atoms with Crippen LogP contribution in [-0.4, -0.2) is 4.98 Å². The van der Waals surface area contributed by atoms with Gasteiger partial charge < -0.3 is 4.42 Å². The maximum Gasteiger partial charge on any atom is 0.217 e. The zero-order valence-electron chi connectivity index (χ0n) is 19.5. The molecule has 35 heavy (non-hydrogen) atoms. The number of pyridine rings is 2. The van der Waals surface area contributed by atoms with E-state index in [0.29, 0.717) is 11.4 Å². The summed E-state index contributed by atoms with van der Waals surface area (Å²) in [6.07, 6.45) is 2.02. The van der Waals surface area contributed by atoms with Crippen LogP contribution >= 0.6 is 0 Å². The van der Waals surface area contributed by atoms with Crippen molar-refractivity contribution in [2.75, 3.05) is 0 Å². The molecule has 0 atom stereocenters. The third-order valence-electron chi connectivity index (χ3n) is 6.41. The van der Waals surface area contributed by atoms with E-state index in [1.165, 1.54) is 5.56 Å². The van der Waals surface area contributed by atoms with E-state index in [2.05, 4.69) is 58.8 Å². The second kappa shape index (κ2) is 8.23. The van der Waals surface area contributed by atoms with E-state index in [-0.39, 0.29) is 0 Å². The highest BCUT2D eigenvalue weighted by molar-refractivity contribution is 6.14. The van der Waals surface area contributed by atoms with Crippen LogP contribution in [0.25, 0.3) is 60.6 Å². The quantitative estimate of drug-likeness (QED) is 0.204. The van der Waals surface area contributed by atoms with E-state index in [1.54, 1.807) is 0 Å². The Morgan fingerprint density at radius 2 is 1.54 bits per heavy atom. The molecule has 3 aromatic heterocycles. The van der Waals surface area contributed by atoms with E-state index in [0.717, 1.165) is 50.0 Å². The Morgan fingerprint density at radius 3 is 2.29 bits per heavy atom. The molecule has 3 aromatic carbocycles. The van der Waals surface area contributed by atoms with Crippen LogP contribution in [0, 0.1) is 13.5 Å². The number of aromatic nitrogens is 2. The molecule has 4 heteroatoms. The van der Waals surface area contributed by atoms with Gasteiger partial charge in [-0.05, 0) is 53.4 Å². The first kappa shape index (κ1) is 20.8. The van der Waals surface area contributed by atoms with E-state index in [9.17, 15) is 0 Å². The summed E-state index contributed by atoms with van der Waals surface area (Å²) in [6, 6.07) is 30.7. The van der Waals surface area contributed by atoms with Crippen molar-refractivity contribution in [1.82, 2.24) is 4.98 Å². The molecule has 6 aromatic rings. The van der Waals surface area contributed by atoms with Gasteiger partial charge in [0.05, 0.1) is 23.2 Å². The molecule has 0 N–H and O–H groups in total. The van der Waals surface area contributed by atoms with Gasteiger partial charge in [0.2, 0.25) is 17.1 Å². The van der Waals surface area contributed by atoms with Gasteiger partial charge in [-0.3, -0.25) is 0 Å². The molecule has 0 aliphatic rings. The molecule has 0 aliphatic carbocycles. The minimum atomic E-state index is 0.487. The Morgan fingerprint density at radius 1 is 0.829 bits per heavy atom. The highest BCUT2D eigenvalue weighted by atomic mass is 16.3. The number of hydrogen-bond acceptors (Lipinski definition) is 2.